The van der Waals surface area contributed by atoms with Crippen LogP contribution in [0.25, 0.3) is 0 Å². The predicted molar refractivity (Wildman–Crippen MR) is 100 cm³/mol. The molecule has 1 saturated heterocycles. The second kappa shape index (κ2) is 7.59. The Labute approximate surface area is 153 Å². The summed E-state index contributed by atoms with van der Waals surface area (Å²) in [4.78, 5) is 22.2. The van der Waals surface area contributed by atoms with E-state index in [1.54, 1.807) is 7.11 Å². The van der Waals surface area contributed by atoms with E-state index < -0.39 is 5.97 Å². The normalized spacial score (nSPS) is 15.0. The number of hydrogen-bond acceptors (Lipinski definition) is 6. The summed E-state index contributed by atoms with van der Waals surface area (Å²) in [6.07, 6.45) is 1.26. The first-order valence-electron chi connectivity index (χ1n) is 8.71. The monoisotopic (exact) mass is 356 g/mol. The first-order chi connectivity index (χ1) is 12.5. The van der Waals surface area contributed by atoms with Crippen molar-refractivity contribution in [1.29, 1.82) is 0 Å². The minimum Gasteiger partial charge on any atom is -0.495 e. The molecular formula is C19H24N4O3. The van der Waals surface area contributed by atoms with Crippen molar-refractivity contribution in [1.82, 2.24) is 9.97 Å². The second-order valence-electron chi connectivity index (χ2n) is 6.59. The molecule has 1 aromatic carbocycles. The summed E-state index contributed by atoms with van der Waals surface area (Å²) in [6.45, 7) is 5.24. The van der Waals surface area contributed by atoms with Crippen molar-refractivity contribution in [3.63, 3.8) is 0 Å². The maximum Gasteiger partial charge on any atom is 0.306 e. The average Bonchev–Trinajstić information content (AvgIpc) is 2.61. The zero-order chi connectivity index (χ0) is 18.7. The van der Waals surface area contributed by atoms with E-state index in [4.69, 9.17) is 9.84 Å². The number of aromatic nitrogens is 2. The number of aryl methyl sites for hydroxylation is 2. The number of piperidine rings is 1. The number of carboxylic acids is 1. The van der Waals surface area contributed by atoms with E-state index in [2.05, 4.69) is 20.2 Å². The Morgan fingerprint density at radius 1 is 1.23 bits per heavy atom. The number of anilines is 3. The van der Waals surface area contributed by atoms with E-state index in [9.17, 15) is 4.79 Å². The molecule has 2 aromatic rings. The summed E-state index contributed by atoms with van der Waals surface area (Å²) in [5.74, 6) is 1.95. The first kappa shape index (κ1) is 18.0. The van der Waals surface area contributed by atoms with Crippen LogP contribution in [0.15, 0.2) is 24.3 Å². The summed E-state index contributed by atoms with van der Waals surface area (Å²) >= 11 is 0. The zero-order valence-corrected chi connectivity index (χ0v) is 15.3. The van der Waals surface area contributed by atoms with E-state index in [1.165, 1.54) is 0 Å². The summed E-state index contributed by atoms with van der Waals surface area (Å²) in [5.41, 5.74) is 1.97. The van der Waals surface area contributed by atoms with Gasteiger partial charge < -0.3 is 20.1 Å². The molecule has 0 unspecified atom stereocenters. The van der Waals surface area contributed by atoms with Gasteiger partial charge in [-0.1, -0.05) is 6.07 Å². The molecule has 0 bridgehead atoms. The van der Waals surface area contributed by atoms with Gasteiger partial charge in [-0.3, -0.25) is 4.79 Å². The second-order valence-corrected chi connectivity index (χ2v) is 6.59. The van der Waals surface area contributed by atoms with Crippen molar-refractivity contribution >= 4 is 23.3 Å². The van der Waals surface area contributed by atoms with Crippen LogP contribution in [-0.2, 0) is 4.79 Å². The number of hydrogen-bond donors (Lipinski definition) is 2. The molecule has 0 amide bonds. The van der Waals surface area contributed by atoms with Gasteiger partial charge in [-0.2, -0.15) is 0 Å². The molecule has 3 rings (SSSR count). The lowest BCUT2D eigenvalue weighted by Gasteiger charge is -2.31. The Bertz CT molecular complexity index is 801. The van der Waals surface area contributed by atoms with Crippen LogP contribution in [-0.4, -0.2) is 41.2 Å². The SMILES string of the molecule is COc1ccc(C)cc1Nc1cc(N2CCC(C(=O)O)CC2)nc(C)n1. The molecule has 0 atom stereocenters. The zero-order valence-electron chi connectivity index (χ0n) is 15.3. The van der Waals surface area contributed by atoms with Gasteiger partial charge in [0.15, 0.2) is 0 Å². The third-order valence-corrected chi connectivity index (χ3v) is 4.61. The van der Waals surface area contributed by atoms with Crippen LogP contribution in [0.5, 0.6) is 5.75 Å². The molecule has 0 saturated carbocycles. The van der Waals surface area contributed by atoms with Crippen LogP contribution in [0.2, 0.25) is 0 Å². The van der Waals surface area contributed by atoms with Crippen LogP contribution < -0.4 is 15.0 Å². The van der Waals surface area contributed by atoms with Crippen LogP contribution in [0.1, 0.15) is 24.2 Å². The van der Waals surface area contributed by atoms with Gasteiger partial charge in [0.1, 0.15) is 23.2 Å². The van der Waals surface area contributed by atoms with Crippen molar-refractivity contribution in [2.24, 2.45) is 5.92 Å². The predicted octanol–water partition coefficient (Wildman–Crippen LogP) is 3.15. The molecule has 1 aliphatic heterocycles. The molecule has 138 valence electrons. The molecule has 1 fully saturated rings. The number of methoxy groups -OCH3 is 1. The lowest BCUT2D eigenvalue weighted by molar-refractivity contribution is -0.142. The molecule has 0 radical (unpaired) electrons. The molecule has 7 heteroatoms. The number of carboxylic acid groups (broad SMARTS) is 1. The van der Waals surface area contributed by atoms with Crippen LogP contribution in [0, 0.1) is 19.8 Å². The Hall–Kier alpha value is -2.83. The Morgan fingerprint density at radius 3 is 2.62 bits per heavy atom. The highest BCUT2D eigenvalue weighted by molar-refractivity contribution is 5.70. The average molecular weight is 356 g/mol. The summed E-state index contributed by atoms with van der Waals surface area (Å²) in [6, 6.07) is 7.82. The number of nitrogens with zero attached hydrogens (tertiary/aromatic N) is 3. The molecule has 1 aromatic heterocycles. The molecular weight excluding hydrogens is 332 g/mol. The highest BCUT2D eigenvalue weighted by Gasteiger charge is 2.25. The van der Waals surface area contributed by atoms with E-state index in [1.807, 2.05) is 38.1 Å². The van der Waals surface area contributed by atoms with Gasteiger partial charge in [0.05, 0.1) is 18.7 Å². The minimum atomic E-state index is -0.711. The topological polar surface area (TPSA) is 87.6 Å². The summed E-state index contributed by atoms with van der Waals surface area (Å²) in [5, 5.41) is 12.5. The summed E-state index contributed by atoms with van der Waals surface area (Å²) in [7, 11) is 1.64. The number of carbonyl (C=O) groups is 1. The fourth-order valence-electron chi connectivity index (χ4n) is 3.19. The standard InChI is InChI=1S/C19H24N4O3/c1-12-4-5-16(26-3)15(10-12)22-17-11-18(21-13(2)20-17)23-8-6-14(7-9-23)19(24)25/h4-5,10-11,14H,6-9H2,1-3H3,(H,24,25)(H,20,21,22). The van der Waals surface area contributed by atoms with E-state index in [0.717, 1.165) is 22.8 Å². The number of nitrogens with one attached hydrogen (secondary N) is 1. The number of ether oxygens (including phenoxy) is 1. The molecule has 1 aliphatic rings. The third kappa shape index (κ3) is 4.04. The van der Waals surface area contributed by atoms with E-state index in [-0.39, 0.29) is 5.92 Å². The molecule has 26 heavy (non-hydrogen) atoms. The molecule has 0 spiro atoms. The Kier molecular flexibility index (Phi) is 5.25. The highest BCUT2D eigenvalue weighted by atomic mass is 16.5. The maximum absolute atomic E-state index is 11.1. The van der Waals surface area contributed by atoms with E-state index in [0.29, 0.717) is 37.6 Å². The summed E-state index contributed by atoms with van der Waals surface area (Å²) < 4.78 is 5.41. The van der Waals surface area contributed by atoms with Gasteiger partial charge in [-0.15, -0.1) is 0 Å². The smallest absolute Gasteiger partial charge is 0.306 e. The Morgan fingerprint density at radius 2 is 1.96 bits per heavy atom. The number of rotatable bonds is 5. The third-order valence-electron chi connectivity index (χ3n) is 4.61. The molecule has 2 heterocycles. The van der Waals surface area contributed by atoms with Gasteiger partial charge in [0, 0.05) is 19.2 Å². The fourth-order valence-corrected chi connectivity index (χ4v) is 3.19. The first-order valence-corrected chi connectivity index (χ1v) is 8.71. The van der Waals surface area contributed by atoms with Gasteiger partial charge in [0.2, 0.25) is 0 Å². The lowest BCUT2D eigenvalue weighted by Crippen LogP contribution is -2.36. The van der Waals surface area contributed by atoms with Crippen molar-refractivity contribution in [3.8, 4) is 5.75 Å². The van der Waals surface area contributed by atoms with Crippen molar-refractivity contribution in [2.75, 3.05) is 30.4 Å². The van der Waals surface area contributed by atoms with Gasteiger partial charge in [-0.05, 0) is 44.4 Å². The van der Waals surface area contributed by atoms with Crippen molar-refractivity contribution in [3.05, 3.63) is 35.7 Å². The molecule has 2 N–H and O–H groups in total. The highest BCUT2D eigenvalue weighted by Crippen LogP contribution is 2.30. The molecule has 7 nitrogen and oxygen atoms in total. The van der Waals surface area contributed by atoms with Crippen LogP contribution >= 0.6 is 0 Å². The quantitative estimate of drug-likeness (QED) is 0.851. The molecule has 0 aliphatic carbocycles. The van der Waals surface area contributed by atoms with Crippen LogP contribution in [0.3, 0.4) is 0 Å². The van der Waals surface area contributed by atoms with Gasteiger partial charge in [0.25, 0.3) is 0 Å². The number of aliphatic carboxylic acids is 1. The van der Waals surface area contributed by atoms with Crippen molar-refractivity contribution < 1.29 is 14.6 Å². The van der Waals surface area contributed by atoms with Crippen molar-refractivity contribution in [2.45, 2.75) is 26.7 Å². The minimum absolute atomic E-state index is 0.261. The van der Waals surface area contributed by atoms with E-state index >= 15 is 0 Å². The lowest BCUT2D eigenvalue weighted by atomic mass is 9.97. The van der Waals surface area contributed by atoms with Gasteiger partial charge >= 0.3 is 5.97 Å². The largest absolute Gasteiger partial charge is 0.495 e. The maximum atomic E-state index is 11.1. The Balaban J connectivity index is 1.81. The fraction of sp³-hybridized carbons (Fsp3) is 0.421. The van der Waals surface area contributed by atoms with Crippen LogP contribution in [0.4, 0.5) is 17.3 Å². The van der Waals surface area contributed by atoms with Gasteiger partial charge in [-0.25, -0.2) is 9.97 Å². The number of benzene rings is 1.